The Bertz CT molecular complexity index is 588. The maximum Gasteiger partial charge on any atom is 0.414 e. The zero-order chi connectivity index (χ0) is 19.9. The molecule has 0 atom stereocenters. The van der Waals surface area contributed by atoms with Crippen molar-refractivity contribution in [3.05, 3.63) is 55.1 Å². The van der Waals surface area contributed by atoms with Gasteiger partial charge >= 0.3 is 17.9 Å². The van der Waals surface area contributed by atoms with Gasteiger partial charge in [0.05, 0.1) is 12.7 Å². The van der Waals surface area contributed by atoms with Gasteiger partial charge in [0.1, 0.15) is 12.4 Å². The molecule has 1 aromatic rings. The third kappa shape index (κ3) is 9.89. The fraction of sp³-hybridized carbons (Fsp3) is 0.278. The Morgan fingerprint density at radius 3 is 1.92 bits per heavy atom. The average molecular weight is 365 g/mol. The quantitative estimate of drug-likeness (QED) is 0.386. The van der Waals surface area contributed by atoms with Crippen LogP contribution in [0.1, 0.15) is 10.4 Å². The summed E-state index contributed by atoms with van der Waals surface area (Å²) in [6.07, 6.45) is 3.71. The number of carbonyl (C=O) groups is 3. The number of aliphatic carboxylic acids is 2. The Morgan fingerprint density at radius 2 is 1.54 bits per heavy atom. The minimum Gasteiger partial charge on any atom is -0.492 e. The Kier molecular flexibility index (Phi) is 11.6. The number of hydrogen-bond acceptors (Lipinski definition) is 6. The molecule has 26 heavy (non-hydrogen) atoms. The van der Waals surface area contributed by atoms with Crippen molar-refractivity contribution in [2.45, 2.75) is 0 Å². The molecule has 1 aromatic carbocycles. The normalized spacial score (nSPS) is 9.46. The largest absolute Gasteiger partial charge is 0.492 e. The van der Waals surface area contributed by atoms with Crippen LogP contribution in [0.3, 0.4) is 0 Å². The maximum atomic E-state index is 11.3. The summed E-state index contributed by atoms with van der Waals surface area (Å²) in [5.74, 6) is -3.26. The number of rotatable bonds is 9. The molecule has 1 rings (SSSR count). The van der Waals surface area contributed by atoms with Crippen molar-refractivity contribution in [3.8, 4) is 5.75 Å². The monoisotopic (exact) mass is 365 g/mol. The molecular weight excluding hydrogens is 342 g/mol. The van der Waals surface area contributed by atoms with Gasteiger partial charge in [0, 0.05) is 19.6 Å². The number of hydrogen-bond donors (Lipinski definition) is 2. The Balaban J connectivity index is 0.000000896. The van der Waals surface area contributed by atoms with Crippen LogP contribution in [0.4, 0.5) is 0 Å². The summed E-state index contributed by atoms with van der Waals surface area (Å²) in [4.78, 5) is 31.7. The lowest BCUT2D eigenvalue weighted by molar-refractivity contribution is -0.159. The maximum absolute atomic E-state index is 11.3. The summed E-state index contributed by atoms with van der Waals surface area (Å²) in [6.45, 7) is 10.4. The molecule has 142 valence electrons. The van der Waals surface area contributed by atoms with Crippen LogP contribution in [-0.2, 0) is 14.3 Å². The van der Waals surface area contributed by atoms with Crippen LogP contribution in [0.15, 0.2) is 49.6 Å². The first-order valence-electron chi connectivity index (χ1n) is 7.57. The SMILES string of the molecule is C=CCN(CC=C)CCOc1ccc(C(=O)OC)cc1.O=C(O)C(=O)O. The van der Waals surface area contributed by atoms with E-state index >= 15 is 0 Å². The Morgan fingerprint density at radius 1 is 1.04 bits per heavy atom. The van der Waals surface area contributed by atoms with E-state index in [9.17, 15) is 4.79 Å². The first kappa shape index (κ1) is 22.9. The van der Waals surface area contributed by atoms with Crippen LogP contribution in [0.2, 0.25) is 0 Å². The summed E-state index contributed by atoms with van der Waals surface area (Å²) < 4.78 is 10.3. The number of methoxy groups -OCH3 is 1. The van der Waals surface area contributed by atoms with Gasteiger partial charge in [0.2, 0.25) is 0 Å². The van der Waals surface area contributed by atoms with E-state index in [1.165, 1.54) is 7.11 Å². The van der Waals surface area contributed by atoms with Crippen molar-refractivity contribution in [2.24, 2.45) is 0 Å². The molecule has 2 N–H and O–H groups in total. The van der Waals surface area contributed by atoms with Crippen LogP contribution in [0, 0.1) is 0 Å². The van der Waals surface area contributed by atoms with Crippen LogP contribution < -0.4 is 4.74 Å². The minimum atomic E-state index is -1.82. The van der Waals surface area contributed by atoms with Gasteiger partial charge in [0.15, 0.2) is 0 Å². The third-order valence-electron chi connectivity index (χ3n) is 2.91. The van der Waals surface area contributed by atoms with Gasteiger partial charge in [-0.1, -0.05) is 12.2 Å². The molecule has 0 unspecified atom stereocenters. The second kappa shape index (κ2) is 13.2. The number of benzene rings is 1. The molecule has 0 aliphatic heterocycles. The molecule has 0 bridgehead atoms. The minimum absolute atomic E-state index is 0.348. The number of carboxylic acid groups (broad SMARTS) is 2. The summed E-state index contributed by atoms with van der Waals surface area (Å²) in [7, 11) is 1.36. The average Bonchev–Trinajstić information content (AvgIpc) is 2.62. The van der Waals surface area contributed by atoms with Crippen LogP contribution >= 0.6 is 0 Å². The molecule has 0 radical (unpaired) electrons. The number of carbonyl (C=O) groups excluding carboxylic acids is 1. The highest BCUT2D eigenvalue weighted by Crippen LogP contribution is 2.12. The third-order valence-corrected chi connectivity index (χ3v) is 2.91. The molecule has 8 heteroatoms. The van der Waals surface area contributed by atoms with E-state index in [2.05, 4.69) is 22.8 Å². The number of nitrogens with zero attached hydrogens (tertiary/aromatic N) is 1. The van der Waals surface area contributed by atoms with Crippen molar-refractivity contribution in [1.29, 1.82) is 0 Å². The molecule has 0 fully saturated rings. The number of esters is 1. The van der Waals surface area contributed by atoms with E-state index in [0.29, 0.717) is 12.2 Å². The van der Waals surface area contributed by atoms with Gasteiger partial charge in [-0.2, -0.15) is 0 Å². The molecule has 0 saturated carbocycles. The van der Waals surface area contributed by atoms with Crippen LogP contribution in [0.5, 0.6) is 5.75 Å². The summed E-state index contributed by atoms with van der Waals surface area (Å²) in [5.41, 5.74) is 0.514. The number of ether oxygens (including phenoxy) is 2. The van der Waals surface area contributed by atoms with Gasteiger partial charge in [0.25, 0.3) is 0 Å². The van der Waals surface area contributed by atoms with Gasteiger partial charge < -0.3 is 19.7 Å². The van der Waals surface area contributed by atoms with E-state index in [-0.39, 0.29) is 5.97 Å². The molecule has 0 aliphatic rings. The Labute approximate surface area is 151 Å². The lowest BCUT2D eigenvalue weighted by atomic mass is 10.2. The lowest BCUT2D eigenvalue weighted by Gasteiger charge is -2.18. The topological polar surface area (TPSA) is 113 Å². The van der Waals surface area contributed by atoms with Gasteiger partial charge in [-0.3, -0.25) is 4.90 Å². The molecule has 0 aliphatic carbocycles. The van der Waals surface area contributed by atoms with E-state index in [1.807, 2.05) is 12.2 Å². The van der Waals surface area contributed by atoms with Crippen molar-refractivity contribution in [2.75, 3.05) is 33.4 Å². The van der Waals surface area contributed by atoms with E-state index in [0.717, 1.165) is 25.4 Å². The first-order chi connectivity index (χ1) is 12.3. The number of carboxylic acids is 2. The molecular formula is C18H23NO7. The standard InChI is InChI=1S/C16H21NO3.C2H2O4/c1-4-10-17(11-5-2)12-13-20-15-8-6-14(7-9-15)16(18)19-3;3-1(4)2(5)6/h4-9H,1-2,10-13H2,3H3;(H,3,4)(H,5,6). The molecule has 0 aromatic heterocycles. The highest BCUT2D eigenvalue weighted by molar-refractivity contribution is 6.27. The predicted octanol–water partition coefficient (Wildman–Crippen LogP) is 1.68. The summed E-state index contributed by atoms with van der Waals surface area (Å²) in [5, 5.41) is 14.8. The summed E-state index contributed by atoms with van der Waals surface area (Å²) in [6, 6.07) is 6.90. The van der Waals surface area contributed by atoms with E-state index in [4.69, 9.17) is 24.5 Å². The van der Waals surface area contributed by atoms with Crippen molar-refractivity contribution < 1.29 is 34.1 Å². The molecule has 0 amide bonds. The van der Waals surface area contributed by atoms with Gasteiger partial charge in [-0.25, -0.2) is 14.4 Å². The lowest BCUT2D eigenvalue weighted by Crippen LogP contribution is -2.28. The zero-order valence-corrected chi connectivity index (χ0v) is 14.6. The molecule has 0 heterocycles. The second-order valence-corrected chi connectivity index (χ2v) is 4.81. The van der Waals surface area contributed by atoms with Gasteiger partial charge in [-0.15, -0.1) is 13.2 Å². The van der Waals surface area contributed by atoms with Crippen LogP contribution in [-0.4, -0.2) is 66.4 Å². The summed E-state index contributed by atoms with van der Waals surface area (Å²) >= 11 is 0. The van der Waals surface area contributed by atoms with Crippen molar-refractivity contribution >= 4 is 17.9 Å². The smallest absolute Gasteiger partial charge is 0.414 e. The molecule has 0 spiro atoms. The molecule has 0 saturated heterocycles. The zero-order valence-electron chi connectivity index (χ0n) is 14.6. The van der Waals surface area contributed by atoms with Gasteiger partial charge in [-0.05, 0) is 24.3 Å². The highest BCUT2D eigenvalue weighted by Gasteiger charge is 2.05. The van der Waals surface area contributed by atoms with Crippen LogP contribution in [0.25, 0.3) is 0 Å². The molecule has 8 nitrogen and oxygen atoms in total. The second-order valence-electron chi connectivity index (χ2n) is 4.81. The Hall–Kier alpha value is -3.13. The van der Waals surface area contributed by atoms with Crippen molar-refractivity contribution in [3.63, 3.8) is 0 Å². The van der Waals surface area contributed by atoms with E-state index < -0.39 is 11.9 Å². The highest BCUT2D eigenvalue weighted by atomic mass is 16.5. The predicted molar refractivity (Wildman–Crippen MR) is 95.4 cm³/mol. The fourth-order valence-electron chi connectivity index (χ4n) is 1.72. The van der Waals surface area contributed by atoms with Crippen molar-refractivity contribution in [1.82, 2.24) is 4.90 Å². The van der Waals surface area contributed by atoms with E-state index in [1.54, 1.807) is 24.3 Å². The first-order valence-corrected chi connectivity index (χ1v) is 7.57. The fourth-order valence-corrected chi connectivity index (χ4v) is 1.72.